The minimum absolute atomic E-state index is 0.107. The maximum Gasteiger partial charge on any atom is 0.315 e. The van der Waals surface area contributed by atoms with Crippen molar-refractivity contribution in [2.75, 3.05) is 32.8 Å². The Labute approximate surface area is 167 Å². The van der Waals surface area contributed by atoms with E-state index < -0.39 is 0 Å². The molecule has 0 radical (unpaired) electrons. The molecular weight excluding hydrogens is 350 g/mol. The predicted octanol–water partition coefficient (Wildman–Crippen LogP) is 3.33. The molecule has 1 saturated heterocycles. The number of nitrogens with one attached hydrogen (secondary N) is 2. The molecule has 0 spiro atoms. The summed E-state index contributed by atoms with van der Waals surface area (Å²) in [5.74, 6) is 0. The molecule has 2 aliphatic rings. The summed E-state index contributed by atoms with van der Waals surface area (Å²) in [5.41, 5.74) is 2.27. The number of hydrogen-bond donors (Lipinski definition) is 2. The second kappa shape index (κ2) is 8.76. The molecule has 2 fully saturated rings. The fourth-order valence-electron chi connectivity index (χ4n) is 4.30. The average molecular weight is 380 g/mol. The van der Waals surface area contributed by atoms with Crippen LogP contribution in [0, 0.1) is 0 Å². The molecule has 5 heteroatoms. The molecule has 0 aromatic heterocycles. The number of nitrogens with zero attached hydrogens (tertiary/aromatic N) is 1. The van der Waals surface area contributed by atoms with Gasteiger partial charge in [-0.05, 0) is 30.4 Å². The molecule has 0 atom stereocenters. The second-order valence-electron chi connectivity index (χ2n) is 7.76. The van der Waals surface area contributed by atoms with Crippen molar-refractivity contribution in [3.63, 3.8) is 0 Å². The number of carbonyl (C=O) groups excluding carboxylic acids is 1. The maximum absolute atomic E-state index is 12.8. The third-order valence-electron chi connectivity index (χ3n) is 6.09. The molecular formula is C23H29N3O2. The first-order valence-corrected chi connectivity index (χ1v) is 10.2. The van der Waals surface area contributed by atoms with Crippen LogP contribution in [0.3, 0.4) is 0 Å². The average Bonchev–Trinajstić information content (AvgIpc) is 2.73. The minimum Gasteiger partial charge on any atom is -0.379 e. The van der Waals surface area contributed by atoms with Gasteiger partial charge < -0.3 is 15.4 Å². The van der Waals surface area contributed by atoms with Gasteiger partial charge in [0.05, 0.1) is 19.3 Å². The monoisotopic (exact) mass is 379 g/mol. The van der Waals surface area contributed by atoms with Crippen LogP contribution in [0.25, 0.3) is 0 Å². The first-order valence-electron chi connectivity index (χ1n) is 10.2. The van der Waals surface area contributed by atoms with Gasteiger partial charge in [-0.2, -0.15) is 0 Å². The number of rotatable bonds is 6. The number of ether oxygens (including phenoxy) is 1. The van der Waals surface area contributed by atoms with Crippen molar-refractivity contribution < 1.29 is 9.53 Å². The van der Waals surface area contributed by atoms with Crippen molar-refractivity contribution in [1.29, 1.82) is 0 Å². The Morgan fingerprint density at radius 1 is 0.964 bits per heavy atom. The lowest BCUT2D eigenvalue weighted by atomic mass is 9.75. The molecule has 2 aromatic carbocycles. The Hall–Kier alpha value is -2.37. The minimum atomic E-state index is -0.164. The van der Waals surface area contributed by atoms with E-state index in [1.54, 1.807) is 0 Å². The molecule has 2 amide bonds. The summed E-state index contributed by atoms with van der Waals surface area (Å²) in [4.78, 5) is 15.3. The standard InChI is InChI=1S/C23H29N3O2/c27-22(24-18-23(12-7-13-23)26-14-16-28-17-15-26)25-21(19-8-3-1-4-9-19)20-10-5-2-6-11-20/h1-6,8-11,21H,7,12-18H2,(H2,24,25,27). The third-order valence-corrected chi connectivity index (χ3v) is 6.09. The van der Waals surface area contributed by atoms with Gasteiger partial charge in [-0.1, -0.05) is 60.7 Å². The van der Waals surface area contributed by atoms with Crippen LogP contribution in [-0.2, 0) is 4.74 Å². The largest absolute Gasteiger partial charge is 0.379 e. The van der Waals surface area contributed by atoms with Gasteiger partial charge in [0.2, 0.25) is 0 Å². The predicted molar refractivity (Wildman–Crippen MR) is 110 cm³/mol. The van der Waals surface area contributed by atoms with Crippen LogP contribution in [-0.4, -0.2) is 49.3 Å². The van der Waals surface area contributed by atoms with Gasteiger partial charge in [0, 0.05) is 25.2 Å². The summed E-state index contributed by atoms with van der Waals surface area (Å²) in [6.45, 7) is 4.19. The summed E-state index contributed by atoms with van der Waals surface area (Å²) < 4.78 is 5.50. The Kier molecular flexibility index (Phi) is 5.93. The van der Waals surface area contributed by atoms with Crippen molar-refractivity contribution in [1.82, 2.24) is 15.5 Å². The quantitative estimate of drug-likeness (QED) is 0.809. The molecule has 0 bridgehead atoms. The van der Waals surface area contributed by atoms with E-state index in [4.69, 9.17) is 4.74 Å². The van der Waals surface area contributed by atoms with Crippen LogP contribution in [0.4, 0.5) is 4.79 Å². The van der Waals surface area contributed by atoms with E-state index >= 15 is 0 Å². The maximum atomic E-state index is 12.8. The molecule has 1 saturated carbocycles. The van der Waals surface area contributed by atoms with Gasteiger partial charge in [0.15, 0.2) is 0 Å². The molecule has 148 valence electrons. The molecule has 2 aromatic rings. The highest BCUT2D eigenvalue weighted by atomic mass is 16.5. The first kappa shape index (κ1) is 19.0. The molecule has 5 nitrogen and oxygen atoms in total. The molecule has 1 aliphatic heterocycles. The number of carbonyl (C=O) groups is 1. The van der Waals surface area contributed by atoms with E-state index in [1.807, 2.05) is 36.4 Å². The highest BCUT2D eigenvalue weighted by molar-refractivity contribution is 5.75. The molecule has 0 unspecified atom stereocenters. The molecule has 4 rings (SSSR count). The van der Waals surface area contributed by atoms with E-state index in [2.05, 4.69) is 39.8 Å². The lowest BCUT2D eigenvalue weighted by Crippen LogP contribution is -2.63. The fraction of sp³-hybridized carbons (Fsp3) is 0.435. The summed E-state index contributed by atoms with van der Waals surface area (Å²) in [6.07, 6.45) is 3.53. The first-order chi connectivity index (χ1) is 13.8. The van der Waals surface area contributed by atoms with Crippen LogP contribution in [0.2, 0.25) is 0 Å². The normalized spacial score (nSPS) is 19.0. The zero-order chi connectivity index (χ0) is 19.2. The van der Waals surface area contributed by atoms with Crippen molar-refractivity contribution in [2.24, 2.45) is 0 Å². The van der Waals surface area contributed by atoms with Crippen molar-refractivity contribution >= 4 is 6.03 Å². The van der Waals surface area contributed by atoms with Crippen LogP contribution in [0.5, 0.6) is 0 Å². The lowest BCUT2D eigenvalue weighted by Gasteiger charge is -2.51. The summed E-state index contributed by atoms with van der Waals surface area (Å²) in [6, 6.07) is 20.0. The van der Waals surface area contributed by atoms with Crippen LogP contribution in [0.15, 0.2) is 60.7 Å². The summed E-state index contributed by atoms with van der Waals surface area (Å²) in [7, 11) is 0. The molecule has 1 heterocycles. The number of morpholine rings is 1. The highest BCUT2D eigenvalue weighted by Gasteiger charge is 2.43. The molecule has 2 N–H and O–H groups in total. The molecule has 28 heavy (non-hydrogen) atoms. The SMILES string of the molecule is O=C(NCC1(N2CCOCC2)CCC1)NC(c1ccccc1)c1ccccc1. The van der Waals surface area contributed by atoms with E-state index in [0.29, 0.717) is 6.54 Å². The van der Waals surface area contributed by atoms with Crippen molar-refractivity contribution in [3.05, 3.63) is 71.8 Å². The number of urea groups is 1. The van der Waals surface area contributed by atoms with E-state index in [9.17, 15) is 4.79 Å². The van der Waals surface area contributed by atoms with Crippen LogP contribution < -0.4 is 10.6 Å². The van der Waals surface area contributed by atoms with Crippen LogP contribution in [0.1, 0.15) is 36.4 Å². The number of benzene rings is 2. The van der Waals surface area contributed by atoms with E-state index in [0.717, 1.165) is 50.3 Å². The fourth-order valence-corrected chi connectivity index (χ4v) is 4.30. The number of hydrogen-bond acceptors (Lipinski definition) is 3. The number of amides is 2. The van der Waals surface area contributed by atoms with Gasteiger partial charge in [0.1, 0.15) is 0 Å². The van der Waals surface area contributed by atoms with Gasteiger partial charge in [-0.25, -0.2) is 4.79 Å². The Morgan fingerprint density at radius 2 is 1.54 bits per heavy atom. The van der Waals surface area contributed by atoms with E-state index in [1.165, 1.54) is 6.42 Å². The zero-order valence-corrected chi connectivity index (χ0v) is 16.3. The molecule has 1 aliphatic carbocycles. The van der Waals surface area contributed by atoms with Gasteiger partial charge in [0.25, 0.3) is 0 Å². The van der Waals surface area contributed by atoms with Crippen molar-refractivity contribution in [3.8, 4) is 0 Å². The smallest absolute Gasteiger partial charge is 0.315 e. The third kappa shape index (κ3) is 4.21. The second-order valence-corrected chi connectivity index (χ2v) is 7.76. The van der Waals surface area contributed by atoms with Gasteiger partial charge in [-0.15, -0.1) is 0 Å². The van der Waals surface area contributed by atoms with Crippen molar-refractivity contribution in [2.45, 2.75) is 30.8 Å². The van der Waals surface area contributed by atoms with Gasteiger partial charge in [-0.3, -0.25) is 4.90 Å². The summed E-state index contributed by atoms with van der Waals surface area (Å²) >= 11 is 0. The van der Waals surface area contributed by atoms with E-state index in [-0.39, 0.29) is 17.6 Å². The highest BCUT2D eigenvalue weighted by Crippen LogP contribution is 2.37. The topological polar surface area (TPSA) is 53.6 Å². The Bertz CT molecular complexity index is 716. The lowest BCUT2D eigenvalue weighted by molar-refractivity contribution is -0.0536. The van der Waals surface area contributed by atoms with Crippen LogP contribution >= 0.6 is 0 Å². The zero-order valence-electron chi connectivity index (χ0n) is 16.3. The Balaban J connectivity index is 1.42. The summed E-state index contributed by atoms with van der Waals surface area (Å²) in [5, 5.41) is 6.34. The Morgan fingerprint density at radius 3 is 2.04 bits per heavy atom. The van der Waals surface area contributed by atoms with Gasteiger partial charge >= 0.3 is 6.03 Å².